The lowest BCUT2D eigenvalue weighted by Gasteiger charge is -2.42. The van der Waals surface area contributed by atoms with E-state index < -0.39 is 8.32 Å². The van der Waals surface area contributed by atoms with Crippen molar-refractivity contribution in [3.63, 3.8) is 0 Å². The summed E-state index contributed by atoms with van der Waals surface area (Å²) in [5.74, 6) is 0.619. The molecule has 0 amide bonds. The molecule has 3 aliphatic rings. The average molecular weight is 550 g/mol. The molecule has 1 aromatic heterocycles. The second-order valence-corrected chi connectivity index (χ2v) is 18.4. The zero-order chi connectivity index (χ0) is 27.5. The fourth-order valence-electron chi connectivity index (χ4n) is 6.14. The Kier molecular flexibility index (Phi) is 9.26. The quantitative estimate of drug-likeness (QED) is 0.441. The third-order valence-electron chi connectivity index (χ3n) is 9.54. The lowest BCUT2D eigenvalue weighted by atomic mass is 9.94. The van der Waals surface area contributed by atoms with Gasteiger partial charge < -0.3 is 9.74 Å². The van der Waals surface area contributed by atoms with E-state index in [0.717, 1.165) is 72.0 Å². The molecule has 214 valence electrons. The summed E-state index contributed by atoms with van der Waals surface area (Å²) < 4.78 is 7.10. The Morgan fingerprint density at radius 3 is 2.38 bits per heavy atom. The normalized spacial score (nSPS) is 21.3. The maximum Gasteiger partial charge on any atom is 0.192 e. The number of aromatic nitrogens is 1. The molecule has 39 heavy (non-hydrogen) atoms. The van der Waals surface area contributed by atoms with Gasteiger partial charge in [-0.15, -0.1) is 0 Å². The molecule has 7 heteroatoms. The maximum absolute atomic E-state index is 7.10. The Bertz CT molecular complexity index is 1060. The topological polar surface area (TPSA) is 43.9 Å². The summed E-state index contributed by atoms with van der Waals surface area (Å²) in [5.41, 5.74) is 5.61. The Balaban J connectivity index is 1.18. The van der Waals surface area contributed by atoms with Crippen molar-refractivity contribution in [3.05, 3.63) is 65.0 Å². The van der Waals surface area contributed by atoms with Gasteiger partial charge in [-0.05, 0) is 73.2 Å². The summed E-state index contributed by atoms with van der Waals surface area (Å²) in [7, 11) is -1.87. The minimum atomic E-state index is -1.87. The lowest BCUT2D eigenvalue weighted by Crippen LogP contribution is -2.51. The summed E-state index contributed by atoms with van der Waals surface area (Å²) in [4.78, 5) is 12.7. The van der Waals surface area contributed by atoms with Gasteiger partial charge in [0.25, 0.3) is 0 Å². The van der Waals surface area contributed by atoms with E-state index >= 15 is 0 Å². The minimum Gasteiger partial charge on any atom is -0.411 e. The predicted molar refractivity (Wildman–Crippen MR) is 163 cm³/mol. The summed E-state index contributed by atoms with van der Waals surface area (Å²) in [5, 5.41) is 3.67. The van der Waals surface area contributed by atoms with Gasteiger partial charge in [-0.25, -0.2) is 0 Å². The Morgan fingerprint density at radius 2 is 1.67 bits per heavy atom. The van der Waals surface area contributed by atoms with E-state index in [-0.39, 0.29) is 11.1 Å². The van der Waals surface area contributed by atoms with Crippen molar-refractivity contribution in [2.75, 3.05) is 52.5 Å². The van der Waals surface area contributed by atoms with Gasteiger partial charge in [0.05, 0.1) is 12.8 Å². The second-order valence-electron chi connectivity index (χ2n) is 13.6. The number of piperidine rings is 1. The molecule has 0 saturated carbocycles. The van der Waals surface area contributed by atoms with Crippen LogP contribution in [-0.4, -0.2) is 86.6 Å². The van der Waals surface area contributed by atoms with Crippen LogP contribution in [0.15, 0.2) is 42.6 Å². The first-order valence-electron chi connectivity index (χ1n) is 15.2. The third-order valence-corrected chi connectivity index (χ3v) is 14.1. The molecule has 0 unspecified atom stereocenters. The molecule has 1 N–H and O–H groups in total. The number of benzene rings is 1. The van der Waals surface area contributed by atoms with Crippen LogP contribution in [0.4, 0.5) is 0 Å². The van der Waals surface area contributed by atoms with Gasteiger partial charge in [0.1, 0.15) is 0 Å². The van der Waals surface area contributed by atoms with Crippen LogP contribution in [0.3, 0.4) is 0 Å². The van der Waals surface area contributed by atoms with E-state index in [1.807, 2.05) is 0 Å². The molecule has 1 aromatic carbocycles. The molecular weight excluding hydrogens is 498 g/mol. The monoisotopic (exact) mass is 549 g/mol. The van der Waals surface area contributed by atoms with E-state index in [9.17, 15) is 0 Å². The summed E-state index contributed by atoms with van der Waals surface area (Å²) >= 11 is 0. The Morgan fingerprint density at radius 1 is 0.949 bits per heavy atom. The summed E-state index contributed by atoms with van der Waals surface area (Å²) in [6, 6.07) is 13.5. The van der Waals surface area contributed by atoms with Crippen molar-refractivity contribution >= 4 is 8.32 Å². The van der Waals surface area contributed by atoms with Crippen molar-refractivity contribution in [1.29, 1.82) is 0 Å². The van der Waals surface area contributed by atoms with E-state index in [1.54, 1.807) is 0 Å². The van der Waals surface area contributed by atoms with Crippen molar-refractivity contribution in [3.8, 4) is 0 Å². The van der Waals surface area contributed by atoms with Crippen molar-refractivity contribution in [1.82, 2.24) is 25.0 Å². The number of hydrogen-bond acceptors (Lipinski definition) is 6. The number of nitrogens with zero attached hydrogens (tertiary/aromatic N) is 4. The van der Waals surface area contributed by atoms with Gasteiger partial charge in [0.15, 0.2) is 8.32 Å². The van der Waals surface area contributed by atoms with E-state index in [2.05, 4.69) is 96.5 Å². The van der Waals surface area contributed by atoms with Gasteiger partial charge in [-0.3, -0.25) is 19.7 Å². The molecule has 5 rings (SSSR count). The molecule has 3 aliphatic heterocycles. The number of nitrogens with one attached hydrogen (secondary N) is 1. The molecule has 0 spiro atoms. The zero-order valence-electron chi connectivity index (χ0n) is 25.1. The maximum atomic E-state index is 7.10. The largest absolute Gasteiger partial charge is 0.411 e. The van der Waals surface area contributed by atoms with Crippen LogP contribution in [0, 0.1) is 0 Å². The van der Waals surface area contributed by atoms with Crippen LogP contribution < -0.4 is 5.32 Å². The first-order valence-corrected chi connectivity index (χ1v) is 18.1. The van der Waals surface area contributed by atoms with Crippen molar-refractivity contribution in [2.24, 2.45) is 0 Å². The smallest absolute Gasteiger partial charge is 0.192 e. The fourth-order valence-corrected chi connectivity index (χ4v) is 7.48. The van der Waals surface area contributed by atoms with E-state index in [1.165, 1.54) is 35.2 Å². The molecule has 0 aliphatic carbocycles. The number of hydrogen-bond donors (Lipinski definition) is 1. The molecule has 2 aromatic rings. The van der Waals surface area contributed by atoms with Crippen LogP contribution in [0.1, 0.15) is 61.9 Å². The molecule has 0 bridgehead atoms. The van der Waals surface area contributed by atoms with Crippen LogP contribution >= 0.6 is 0 Å². The first-order chi connectivity index (χ1) is 18.7. The molecule has 4 heterocycles. The van der Waals surface area contributed by atoms with Gasteiger partial charge in [0.2, 0.25) is 0 Å². The second kappa shape index (κ2) is 12.5. The highest BCUT2D eigenvalue weighted by molar-refractivity contribution is 6.74. The number of fused-ring (bicyclic) bond motifs is 1. The lowest BCUT2D eigenvalue weighted by molar-refractivity contribution is 0.0775. The molecular formula is C32H51N5OSi. The highest BCUT2D eigenvalue weighted by Crippen LogP contribution is 2.37. The molecule has 6 nitrogen and oxygen atoms in total. The fraction of sp³-hybridized carbons (Fsp3) is 0.656. The van der Waals surface area contributed by atoms with Gasteiger partial charge >= 0.3 is 0 Å². The van der Waals surface area contributed by atoms with Crippen molar-refractivity contribution in [2.45, 2.75) is 83.3 Å². The van der Waals surface area contributed by atoms with Crippen LogP contribution in [0.5, 0.6) is 0 Å². The van der Waals surface area contributed by atoms with Gasteiger partial charge in [-0.1, -0.05) is 51.1 Å². The highest BCUT2D eigenvalue weighted by Gasteiger charge is 2.40. The molecule has 0 radical (unpaired) electrons. The van der Waals surface area contributed by atoms with E-state index in [0.29, 0.717) is 5.92 Å². The van der Waals surface area contributed by atoms with Gasteiger partial charge in [-0.2, -0.15) is 0 Å². The minimum absolute atomic E-state index is 0.212. The van der Waals surface area contributed by atoms with Crippen LogP contribution in [-0.2, 0) is 23.9 Å². The Labute approximate surface area is 238 Å². The predicted octanol–water partition coefficient (Wildman–Crippen LogP) is 5.07. The zero-order valence-corrected chi connectivity index (χ0v) is 26.1. The number of pyridine rings is 1. The van der Waals surface area contributed by atoms with Crippen LogP contribution in [0.25, 0.3) is 0 Å². The standard InChI is InChI=1S/C32H51N5OSi/c1-32(2,3)39(4,5)38-30(23-35-17-14-27-8-6-7-9-29(27)22-35)24-37-19-18-36(25-37)21-26-10-11-31(34-20-26)28-12-15-33-16-13-28/h6-11,20,28,30,33H,12-19,21-25H2,1-5H3/t30-/m1/s1. The van der Waals surface area contributed by atoms with Crippen LogP contribution in [0.2, 0.25) is 18.1 Å². The van der Waals surface area contributed by atoms with Gasteiger partial charge in [0, 0.05) is 63.6 Å². The third kappa shape index (κ3) is 7.57. The summed E-state index contributed by atoms with van der Waals surface area (Å²) in [6.45, 7) is 22.5. The average Bonchev–Trinajstić information content (AvgIpc) is 3.35. The summed E-state index contributed by atoms with van der Waals surface area (Å²) in [6.07, 6.45) is 5.91. The molecule has 2 saturated heterocycles. The molecule has 1 atom stereocenters. The highest BCUT2D eigenvalue weighted by atomic mass is 28.4. The van der Waals surface area contributed by atoms with Crippen molar-refractivity contribution < 1.29 is 4.43 Å². The SMILES string of the molecule is CC(C)(C)[Si](C)(C)O[C@H](CN1CCc2ccccc2C1)CN1CCN(Cc2ccc(C3CCNCC3)nc2)C1. The van der Waals surface area contributed by atoms with E-state index in [4.69, 9.17) is 9.41 Å². The Hall–Kier alpha value is -1.61. The number of rotatable bonds is 9. The first kappa shape index (κ1) is 28.9. The molecule has 2 fully saturated rings.